The van der Waals surface area contributed by atoms with Crippen LogP contribution in [0, 0.1) is 11.3 Å². The average Bonchev–Trinajstić information content (AvgIpc) is 2.23. The molecule has 1 aliphatic carbocycles. The predicted molar refractivity (Wildman–Crippen MR) is 75.7 cm³/mol. The van der Waals surface area contributed by atoms with Crippen molar-refractivity contribution in [3.63, 3.8) is 0 Å². The van der Waals surface area contributed by atoms with Crippen molar-refractivity contribution in [3.05, 3.63) is 29.8 Å². The minimum atomic E-state index is -3.07. The van der Waals surface area contributed by atoms with Crippen LogP contribution in [0.2, 0.25) is 0 Å². The van der Waals surface area contributed by atoms with Crippen molar-refractivity contribution < 1.29 is 8.42 Å². The van der Waals surface area contributed by atoms with Gasteiger partial charge in [0.1, 0.15) is 0 Å². The van der Waals surface area contributed by atoms with Crippen molar-refractivity contribution in [2.75, 3.05) is 19.3 Å². The third-order valence-corrected chi connectivity index (χ3v) is 5.57. The maximum absolute atomic E-state index is 11.4. The standard InChI is InChI=1S/C15H21NO2S/c1-12-7-15(8-12)10-16(11-15)9-13-3-5-14(6-4-13)19(2,17)18/h3-6,12H,7-11H2,1-2H3. The Bertz CT molecular complexity index is 563. The van der Waals surface area contributed by atoms with Crippen LogP contribution < -0.4 is 0 Å². The van der Waals surface area contributed by atoms with Crippen molar-refractivity contribution in [1.82, 2.24) is 4.90 Å². The molecule has 0 N–H and O–H groups in total. The van der Waals surface area contributed by atoms with E-state index in [1.54, 1.807) is 12.1 Å². The zero-order valence-electron chi connectivity index (χ0n) is 11.6. The van der Waals surface area contributed by atoms with Gasteiger partial charge in [-0.25, -0.2) is 8.42 Å². The van der Waals surface area contributed by atoms with E-state index < -0.39 is 9.84 Å². The highest BCUT2D eigenvalue weighted by atomic mass is 32.2. The SMILES string of the molecule is CC1CC2(C1)CN(Cc1ccc(S(C)(=O)=O)cc1)C2. The molecule has 3 rings (SSSR count). The summed E-state index contributed by atoms with van der Waals surface area (Å²) in [5, 5.41) is 0. The molecule has 1 saturated carbocycles. The summed E-state index contributed by atoms with van der Waals surface area (Å²) in [6.45, 7) is 5.70. The van der Waals surface area contributed by atoms with Crippen molar-refractivity contribution in [3.8, 4) is 0 Å². The molecule has 1 heterocycles. The lowest BCUT2D eigenvalue weighted by Crippen LogP contribution is -2.61. The zero-order valence-corrected chi connectivity index (χ0v) is 12.4. The first kappa shape index (κ1) is 13.1. The molecule has 1 aliphatic heterocycles. The number of sulfone groups is 1. The number of hydrogen-bond donors (Lipinski definition) is 0. The van der Waals surface area contributed by atoms with Gasteiger partial charge in [-0.3, -0.25) is 4.90 Å². The van der Waals surface area contributed by atoms with Gasteiger partial charge >= 0.3 is 0 Å². The topological polar surface area (TPSA) is 37.4 Å². The monoisotopic (exact) mass is 279 g/mol. The summed E-state index contributed by atoms with van der Waals surface area (Å²) in [6, 6.07) is 7.30. The molecule has 4 heteroatoms. The van der Waals surface area contributed by atoms with Crippen LogP contribution >= 0.6 is 0 Å². The lowest BCUT2D eigenvalue weighted by Gasteiger charge is -2.59. The number of likely N-dealkylation sites (tertiary alicyclic amines) is 1. The molecule has 104 valence electrons. The van der Waals surface area contributed by atoms with Crippen molar-refractivity contribution in [1.29, 1.82) is 0 Å². The maximum Gasteiger partial charge on any atom is 0.175 e. The number of rotatable bonds is 3. The summed E-state index contributed by atoms with van der Waals surface area (Å²) in [5.74, 6) is 0.913. The third-order valence-electron chi connectivity index (χ3n) is 4.44. The fourth-order valence-corrected chi connectivity index (χ4v) is 4.42. The van der Waals surface area contributed by atoms with Gasteiger partial charge in [0.05, 0.1) is 4.90 Å². The Hall–Kier alpha value is -0.870. The van der Waals surface area contributed by atoms with E-state index in [0.717, 1.165) is 12.5 Å². The molecule has 1 spiro atoms. The Labute approximate surface area is 115 Å². The van der Waals surface area contributed by atoms with Gasteiger partial charge in [0, 0.05) is 25.9 Å². The van der Waals surface area contributed by atoms with E-state index in [4.69, 9.17) is 0 Å². The van der Waals surface area contributed by atoms with Gasteiger partial charge in [-0.2, -0.15) is 0 Å². The first-order valence-electron chi connectivity index (χ1n) is 6.88. The number of benzene rings is 1. The third kappa shape index (κ3) is 2.56. The largest absolute Gasteiger partial charge is 0.298 e. The summed E-state index contributed by atoms with van der Waals surface area (Å²) in [6.07, 6.45) is 4.02. The zero-order chi connectivity index (χ0) is 13.7. The van der Waals surface area contributed by atoms with Crippen molar-refractivity contribution in [2.24, 2.45) is 11.3 Å². The van der Waals surface area contributed by atoms with Crippen LogP contribution in [-0.4, -0.2) is 32.7 Å². The molecule has 0 bridgehead atoms. The quantitative estimate of drug-likeness (QED) is 0.852. The van der Waals surface area contributed by atoms with Gasteiger partial charge in [0.15, 0.2) is 9.84 Å². The number of hydrogen-bond acceptors (Lipinski definition) is 3. The van der Waals surface area contributed by atoms with E-state index in [1.807, 2.05) is 12.1 Å². The Balaban J connectivity index is 1.57. The van der Waals surface area contributed by atoms with Crippen LogP contribution in [0.1, 0.15) is 25.3 Å². The van der Waals surface area contributed by atoms with Gasteiger partial charge in [0.2, 0.25) is 0 Å². The van der Waals surface area contributed by atoms with Crippen LogP contribution in [0.3, 0.4) is 0 Å². The van der Waals surface area contributed by atoms with Crippen LogP contribution in [0.5, 0.6) is 0 Å². The van der Waals surface area contributed by atoms with E-state index >= 15 is 0 Å². The molecule has 0 atom stereocenters. The molecule has 1 aromatic carbocycles. The van der Waals surface area contributed by atoms with Gasteiger partial charge < -0.3 is 0 Å². The summed E-state index contributed by atoms with van der Waals surface area (Å²) in [4.78, 5) is 2.87. The molecule has 19 heavy (non-hydrogen) atoms. The fourth-order valence-electron chi connectivity index (χ4n) is 3.79. The van der Waals surface area contributed by atoms with Gasteiger partial charge in [0.25, 0.3) is 0 Å². The molecular weight excluding hydrogens is 258 g/mol. The van der Waals surface area contributed by atoms with E-state index in [2.05, 4.69) is 11.8 Å². The molecule has 1 saturated heterocycles. The molecule has 0 amide bonds. The first-order valence-corrected chi connectivity index (χ1v) is 8.77. The second-order valence-electron chi connectivity index (χ2n) is 6.57. The first-order chi connectivity index (χ1) is 8.86. The molecule has 0 radical (unpaired) electrons. The second kappa shape index (κ2) is 4.32. The Morgan fingerprint density at radius 2 is 1.79 bits per heavy atom. The lowest BCUT2D eigenvalue weighted by atomic mass is 9.58. The minimum Gasteiger partial charge on any atom is -0.298 e. The Morgan fingerprint density at radius 3 is 2.26 bits per heavy atom. The molecule has 0 unspecified atom stereocenters. The van der Waals surface area contributed by atoms with Crippen LogP contribution in [0.15, 0.2) is 29.2 Å². The Morgan fingerprint density at radius 1 is 1.21 bits per heavy atom. The molecule has 3 nitrogen and oxygen atoms in total. The molecule has 2 fully saturated rings. The normalized spacial score (nSPS) is 23.1. The second-order valence-corrected chi connectivity index (χ2v) is 8.59. The average molecular weight is 279 g/mol. The fraction of sp³-hybridized carbons (Fsp3) is 0.600. The summed E-state index contributed by atoms with van der Waals surface area (Å²) >= 11 is 0. The van der Waals surface area contributed by atoms with Crippen LogP contribution in [-0.2, 0) is 16.4 Å². The maximum atomic E-state index is 11.4. The lowest BCUT2D eigenvalue weighted by molar-refractivity contribution is -0.0931. The highest BCUT2D eigenvalue weighted by Crippen LogP contribution is 2.51. The van der Waals surface area contributed by atoms with Crippen LogP contribution in [0.4, 0.5) is 0 Å². The van der Waals surface area contributed by atoms with E-state index in [9.17, 15) is 8.42 Å². The highest BCUT2D eigenvalue weighted by molar-refractivity contribution is 7.90. The molecule has 1 aromatic rings. The minimum absolute atomic E-state index is 0.407. The van der Waals surface area contributed by atoms with Gasteiger partial charge in [-0.1, -0.05) is 19.1 Å². The van der Waals surface area contributed by atoms with E-state index in [0.29, 0.717) is 10.3 Å². The summed E-state index contributed by atoms with van der Waals surface area (Å²) in [5.41, 5.74) is 1.83. The molecule has 0 aromatic heterocycles. The number of nitrogens with zero attached hydrogens (tertiary/aromatic N) is 1. The van der Waals surface area contributed by atoms with Crippen molar-refractivity contribution >= 4 is 9.84 Å². The van der Waals surface area contributed by atoms with E-state index in [-0.39, 0.29) is 0 Å². The Kier molecular flexibility index (Phi) is 2.98. The van der Waals surface area contributed by atoms with Gasteiger partial charge in [-0.05, 0) is 41.9 Å². The van der Waals surface area contributed by atoms with Crippen molar-refractivity contribution in [2.45, 2.75) is 31.2 Å². The molecular formula is C15H21NO2S. The molecule has 2 aliphatic rings. The summed E-state index contributed by atoms with van der Waals surface area (Å²) in [7, 11) is -3.07. The smallest absolute Gasteiger partial charge is 0.175 e. The summed E-state index contributed by atoms with van der Waals surface area (Å²) < 4.78 is 22.8. The van der Waals surface area contributed by atoms with E-state index in [1.165, 1.54) is 37.8 Å². The predicted octanol–water partition coefficient (Wildman–Crippen LogP) is 2.32. The van der Waals surface area contributed by atoms with Gasteiger partial charge in [-0.15, -0.1) is 0 Å². The highest BCUT2D eigenvalue weighted by Gasteiger charge is 2.50. The van der Waals surface area contributed by atoms with Crippen LogP contribution in [0.25, 0.3) is 0 Å².